The molecule has 0 aliphatic heterocycles. The van der Waals surface area contributed by atoms with Crippen molar-refractivity contribution in [2.45, 2.75) is 180 Å². The highest BCUT2D eigenvalue weighted by Gasteiger charge is 2.31. The number of hydrogen-bond acceptors (Lipinski definition) is 6. The maximum Gasteiger partial charge on any atom is 0.362 e. The molecule has 0 spiro atoms. The third-order valence-corrected chi connectivity index (χ3v) is 9.60. The van der Waals surface area contributed by atoms with Crippen LogP contribution in [0.2, 0.25) is 0 Å². The lowest BCUT2D eigenvalue weighted by molar-refractivity contribution is -0.887. The molecule has 0 aromatic heterocycles. The average Bonchev–Trinajstić information content (AvgIpc) is 3.17. The number of carbonyl (C=O) groups excluding carboxylic acids is 2. The van der Waals surface area contributed by atoms with E-state index in [0.29, 0.717) is 19.3 Å². The fraction of sp³-hybridized carbons (Fsp3) is 0.694. The number of carboxylic acid groups (broad SMARTS) is 1. The van der Waals surface area contributed by atoms with Crippen molar-refractivity contribution in [3.63, 3.8) is 0 Å². The highest BCUT2D eigenvalue weighted by Crippen LogP contribution is 2.14. The number of ether oxygens (including phenoxy) is 3. The Morgan fingerprint density at radius 1 is 0.526 bits per heavy atom. The first-order valence-electron chi connectivity index (χ1n) is 22.5. The number of unbranched alkanes of at least 4 members (excludes halogenated alkanes) is 13. The van der Waals surface area contributed by atoms with Crippen LogP contribution in [0.1, 0.15) is 168 Å². The van der Waals surface area contributed by atoms with E-state index in [9.17, 15) is 19.5 Å². The molecule has 8 heteroatoms. The number of hydrogen-bond donors (Lipinski definition) is 1. The fourth-order valence-electron chi connectivity index (χ4n) is 6.18. The van der Waals surface area contributed by atoms with Gasteiger partial charge in [-0.2, -0.15) is 0 Å². The van der Waals surface area contributed by atoms with Crippen molar-refractivity contribution in [2.24, 2.45) is 0 Å². The van der Waals surface area contributed by atoms with Gasteiger partial charge in [0, 0.05) is 19.3 Å². The number of carbonyl (C=O) groups is 3. The van der Waals surface area contributed by atoms with E-state index in [1.807, 2.05) is 21.1 Å². The molecule has 2 atom stereocenters. The number of likely N-dealkylation sites (N-methyl/N-ethyl adjacent to an activating group) is 1. The Balaban J connectivity index is 4.32. The number of rotatable bonds is 39. The second-order valence-corrected chi connectivity index (χ2v) is 15.9. The van der Waals surface area contributed by atoms with Crippen molar-refractivity contribution in [1.82, 2.24) is 0 Å². The lowest BCUT2D eigenvalue weighted by Gasteiger charge is -2.31. The topological polar surface area (TPSA) is 99.1 Å². The Morgan fingerprint density at radius 2 is 0.930 bits per heavy atom. The Hall–Kier alpha value is -3.23. The molecule has 0 aliphatic carbocycles. The zero-order valence-electron chi connectivity index (χ0n) is 37.0. The molecule has 1 N–H and O–H groups in total. The lowest BCUT2D eigenvalue weighted by Crippen LogP contribution is -2.50. The molecule has 57 heavy (non-hydrogen) atoms. The van der Waals surface area contributed by atoms with Crippen molar-refractivity contribution in [3.05, 3.63) is 72.9 Å². The van der Waals surface area contributed by atoms with Crippen LogP contribution in [0.25, 0.3) is 0 Å². The predicted octanol–water partition coefficient (Wildman–Crippen LogP) is 12.4. The van der Waals surface area contributed by atoms with Gasteiger partial charge in [0.2, 0.25) is 0 Å². The summed E-state index contributed by atoms with van der Waals surface area (Å²) in [6, 6.07) is -0.623. The van der Waals surface area contributed by atoms with E-state index >= 15 is 0 Å². The standard InChI is InChI=1S/C49H83NO7/c1-6-8-10-12-14-16-18-20-21-22-23-24-25-26-27-28-30-32-34-36-38-40-48(52)57-45(43-55-42-41-46(49(53)54)50(3,4)5)44-56-47(51)39-37-35-33-31-29-19-17-15-13-11-9-7-2/h8-11,14-17,20-21,29,31,45-46H,6-7,12-13,18-19,22-28,30,32-44H2,1-5H3/p+1/b10-8+,11-9+,16-14+,17-15+,21-20+,31-29+. The molecule has 0 radical (unpaired) electrons. The Kier molecular flexibility index (Phi) is 37.3. The predicted molar refractivity (Wildman–Crippen MR) is 238 cm³/mol. The first-order chi connectivity index (χ1) is 27.6. The molecule has 0 saturated carbocycles. The Labute approximate surface area is 349 Å². The van der Waals surface area contributed by atoms with Crippen molar-refractivity contribution < 1.29 is 38.2 Å². The summed E-state index contributed by atoms with van der Waals surface area (Å²) in [6.45, 7) is 4.46. The molecule has 0 rings (SSSR count). The molecule has 8 nitrogen and oxygen atoms in total. The second-order valence-electron chi connectivity index (χ2n) is 15.9. The van der Waals surface area contributed by atoms with Gasteiger partial charge >= 0.3 is 17.9 Å². The molecular weight excluding hydrogens is 715 g/mol. The van der Waals surface area contributed by atoms with Gasteiger partial charge in [-0.15, -0.1) is 0 Å². The Bertz CT molecular complexity index is 1160. The summed E-state index contributed by atoms with van der Waals surface area (Å²) in [5.41, 5.74) is 0. The van der Waals surface area contributed by atoms with Gasteiger partial charge in [-0.05, 0) is 77.0 Å². The molecule has 0 aromatic carbocycles. The highest BCUT2D eigenvalue weighted by molar-refractivity contribution is 5.72. The first-order valence-corrected chi connectivity index (χ1v) is 22.5. The van der Waals surface area contributed by atoms with Gasteiger partial charge < -0.3 is 23.8 Å². The molecule has 0 bridgehead atoms. The van der Waals surface area contributed by atoms with Crippen LogP contribution in [-0.2, 0) is 28.6 Å². The van der Waals surface area contributed by atoms with Gasteiger partial charge in [0.25, 0.3) is 0 Å². The quantitative estimate of drug-likeness (QED) is 0.0286. The number of quaternary nitrogens is 1. The maximum absolute atomic E-state index is 12.7. The van der Waals surface area contributed by atoms with E-state index in [-0.39, 0.29) is 36.2 Å². The van der Waals surface area contributed by atoms with Crippen LogP contribution in [0.4, 0.5) is 0 Å². The monoisotopic (exact) mass is 799 g/mol. The van der Waals surface area contributed by atoms with E-state index in [4.69, 9.17) is 14.2 Å². The summed E-state index contributed by atoms with van der Waals surface area (Å²) in [7, 11) is 5.51. The molecule has 0 fully saturated rings. The van der Waals surface area contributed by atoms with Gasteiger partial charge in [-0.3, -0.25) is 9.59 Å². The van der Waals surface area contributed by atoms with Crippen LogP contribution in [0.5, 0.6) is 0 Å². The van der Waals surface area contributed by atoms with Gasteiger partial charge in [0.1, 0.15) is 6.61 Å². The largest absolute Gasteiger partial charge is 0.477 e. The molecule has 0 heterocycles. The smallest absolute Gasteiger partial charge is 0.362 e. The van der Waals surface area contributed by atoms with E-state index < -0.39 is 18.1 Å². The zero-order valence-corrected chi connectivity index (χ0v) is 37.0. The van der Waals surface area contributed by atoms with Crippen LogP contribution in [0.15, 0.2) is 72.9 Å². The summed E-state index contributed by atoms with van der Waals surface area (Å²) in [4.78, 5) is 37.0. The zero-order chi connectivity index (χ0) is 42.1. The van der Waals surface area contributed by atoms with E-state index in [1.165, 1.54) is 57.8 Å². The molecule has 0 amide bonds. The number of carboxylic acids is 1. The number of aliphatic carboxylic acids is 1. The minimum atomic E-state index is -0.883. The summed E-state index contributed by atoms with van der Waals surface area (Å²) >= 11 is 0. The minimum Gasteiger partial charge on any atom is -0.477 e. The van der Waals surface area contributed by atoms with Gasteiger partial charge in [-0.25, -0.2) is 4.79 Å². The molecule has 0 aromatic rings. The van der Waals surface area contributed by atoms with E-state index in [2.05, 4.69) is 86.8 Å². The molecule has 326 valence electrons. The third-order valence-electron chi connectivity index (χ3n) is 9.60. The van der Waals surface area contributed by atoms with Gasteiger partial charge in [0.15, 0.2) is 12.1 Å². The Morgan fingerprint density at radius 3 is 1.40 bits per heavy atom. The van der Waals surface area contributed by atoms with Crippen molar-refractivity contribution in [1.29, 1.82) is 0 Å². The van der Waals surface area contributed by atoms with Crippen molar-refractivity contribution >= 4 is 17.9 Å². The van der Waals surface area contributed by atoms with E-state index in [1.54, 1.807) is 0 Å². The lowest BCUT2D eigenvalue weighted by atomic mass is 10.0. The molecule has 0 aliphatic rings. The first kappa shape index (κ1) is 53.8. The van der Waals surface area contributed by atoms with Crippen LogP contribution >= 0.6 is 0 Å². The van der Waals surface area contributed by atoms with Crippen LogP contribution in [0.3, 0.4) is 0 Å². The van der Waals surface area contributed by atoms with E-state index in [0.717, 1.165) is 77.0 Å². The number of nitrogens with zero attached hydrogens (tertiary/aromatic N) is 1. The summed E-state index contributed by atoms with van der Waals surface area (Å²) in [5.74, 6) is -1.53. The normalized spacial score (nSPS) is 13.6. The van der Waals surface area contributed by atoms with Gasteiger partial charge in [0.05, 0.1) is 34.4 Å². The summed E-state index contributed by atoms with van der Waals surface area (Å²) in [5, 5.41) is 9.62. The average molecular weight is 799 g/mol. The molecule has 2 unspecified atom stereocenters. The van der Waals surface area contributed by atoms with Crippen LogP contribution < -0.4 is 0 Å². The molecular formula is C49H84NO7+. The SMILES string of the molecule is CC/C=C/C/C=C/C/C=C/CCCCCCCCCCCCCC(=O)OC(COCCC(C(=O)O)[N+](C)(C)C)COC(=O)CCCC/C=C/C/C=C/C/C=C/CC. The minimum absolute atomic E-state index is 0.0448. The second kappa shape index (κ2) is 39.6. The van der Waals surface area contributed by atoms with Crippen LogP contribution in [0, 0.1) is 0 Å². The summed E-state index contributed by atoms with van der Waals surface area (Å²) in [6.07, 6.45) is 49.6. The third kappa shape index (κ3) is 38.1. The van der Waals surface area contributed by atoms with Crippen molar-refractivity contribution in [2.75, 3.05) is 41.0 Å². The van der Waals surface area contributed by atoms with Gasteiger partial charge in [-0.1, -0.05) is 145 Å². The van der Waals surface area contributed by atoms with Crippen LogP contribution in [-0.4, -0.2) is 80.6 Å². The number of allylic oxidation sites excluding steroid dienone is 12. The number of esters is 2. The maximum atomic E-state index is 12.7. The van der Waals surface area contributed by atoms with Crippen molar-refractivity contribution in [3.8, 4) is 0 Å². The molecule has 0 saturated heterocycles. The highest BCUT2D eigenvalue weighted by atomic mass is 16.6. The fourth-order valence-corrected chi connectivity index (χ4v) is 6.18. The summed E-state index contributed by atoms with van der Waals surface area (Å²) < 4.78 is 17.2.